The summed E-state index contributed by atoms with van der Waals surface area (Å²) in [5.74, 6) is 0. The number of rotatable bonds is 2. The van der Waals surface area contributed by atoms with Gasteiger partial charge in [-0.2, -0.15) is 0 Å². The van der Waals surface area contributed by atoms with Gasteiger partial charge in [-0.05, 0) is 54.2 Å². The van der Waals surface area contributed by atoms with Crippen molar-refractivity contribution in [3.63, 3.8) is 0 Å². The fraction of sp³-hybridized carbons (Fsp3) is 0.429. The van der Waals surface area contributed by atoms with Crippen LogP contribution in [0.15, 0.2) is 47.4 Å². The second-order valence-corrected chi connectivity index (χ2v) is 9.61. The third-order valence-electron chi connectivity index (χ3n) is 6.29. The van der Waals surface area contributed by atoms with Crippen LogP contribution >= 0.6 is 0 Å². The Morgan fingerprint density at radius 2 is 1.81 bits per heavy atom. The Labute approximate surface area is 154 Å². The highest BCUT2D eigenvalue weighted by Gasteiger charge is 2.48. The van der Waals surface area contributed by atoms with Gasteiger partial charge in [0.2, 0.25) is 0 Å². The lowest BCUT2D eigenvalue weighted by Crippen LogP contribution is -2.35. The van der Waals surface area contributed by atoms with Crippen molar-refractivity contribution in [2.75, 3.05) is 17.5 Å². The highest BCUT2D eigenvalue weighted by atomic mass is 32.2. The second-order valence-electron chi connectivity index (χ2n) is 7.75. The zero-order valence-corrected chi connectivity index (χ0v) is 15.6. The summed E-state index contributed by atoms with van der Waals surface area (Å²) in [4.78, 5) is 0.381. The molecule has 1 fully saturated rings. The highest BCUT2D eigenvalue weighted by molar-refractivity contribution is 7.92. The van der Waals surface area contributed by atoms with Crippen LogP contribution in [0.25, 0.3) is 0 Å². The number of para-hydroxylation sites is 1. The third kappa shape index (κ3) is 2.33. The molecule has 0 atom stereocenters. The van der Waals surface area contributed by atoms with E-state index in [1.54, 1.807) is 10.4 Å². The number of benzene rings is 2. The van der Waals surface area contributed by atoms with E-state index in [0.29, 0.717) is 24.7 Å². The molecule has 0 amide bonds. The van der Waals surface area contributed by atoms with Crippen molar-refractivity contribution >= 4 is 15.7 Å². The van der Waals surface area contributed by atoms with Crippen LogP contribution in [0.3, 0.4) is 0 Å². The molecule has 0 saturated heterocycles. The molecule has 1 spiro atoms. The number of ether oxygens (including phenoxy) is 1. The lowest BCUT2D eigenvalue weighted by atomic mass is 9.81. The Bertz CT molecular complexity index is 961. The van der Waals surface area contributed by atoms with Crippen molar-refractivity contribution < 1.29 is 13.2 Å². The van der Waals surface area contributed by atoms with Crippen LogP contribution in [0.2, 0.25) is 0 Å². The lowest BCUT2D eigenvalue weighted by Gasteiger charge is -2.26. The summed E-state index contributed by atoms with van der Waals surface area (Å²) in [6.45, 7) is 1.78. The number of anilines is 1. The molecule has 0 radical (unpaired) electrons. The Morgan fingerprint density at radius 3 is 2.65 bits per heavy atom. The van der Waals surface area contributed by atoms with E-state index in [9.17, 15) is 8.42 Å². The molecule has 0 N–H and O–H groups in total. The molecule has 5 rings (SSSR count). The summed E-state index contributed by atoms with van der Waals surface area (Å²) in [6.07, 6.45) is 5.37. The van der Waals surface area contributed by atoms with Gasteiger partial charge in [-0.1, -0.05) is 37.1 Å². The van der Waals surface area contributed by atoms with Gasteiger partial charge in [-0.25, -0.2) is 8.42 Å². The zero-order chi connectivity index (χ0) is 17.8. The predicted octanol–water partition coefficient (Wildman–Crippen LogP) is 3.78. The molecule has 2 heterocycles. The van der Waals surface area contributed by atoms with Gasteiger partial charge in [-0.15, -0.1) is 0 Å². The molecule has 136 valence electrons. The SMILES string of the molecule is O=S(=O)(c1ccc2c(c1)COCC2)N1CC2(CCCC2)c2ccccc21. The first-order valence-corrected chi connectivity index (χ1v) is 10.9. The van der Waals surface area contributed by atoms with E-state index >= 15 is 0 Å². The van der Waals surface area contributed by atoms with Crippen LogP contribution in [0.1, 0.15) is 42.4 Å². The van der Waals surface area contributed by atoms with Gasteiger partial charge in [0, 0.05) is 12.0 Å². The van der Waals surface area contributed by atoms with Gasteiger partial charge in [-0.3, -0.25) is 4.31 Å². The molecular weight excluding hydrogens is 346 g/mol. The van der Waals surface area contributed by atoms with Crippen molar-refractivity contribution in [3.05, 3.63) is 59.2 Å². The monoisotopic (exact) mass is 369 g/mol. The topological polar surface area (TPSA) is 46.6 Å². The third-order valence-corrected chi connectivity index (χ3v) is 8.05. The minimum atomic E-state index is -3.57. The fourth-order valence-electron chi connectivity index (χ4n) is 4.91. The molecule has 0 unspecified atom stereocenters. The van der Waals surface area contributed by atoms with Crippen LogP contribution in [0.4, 0.5) is 5.69 Å². The molecule has 0 aromatic heterocycles. The normalized spacial score (nSPS) is 21.0. The Hall–Kier alpha value is -1.85. The number of hydrogen-bond donors (Lipinski definition) is 0. The van der Waals surface area contributed by atoms with E-state index in [-0.39, 0.29) is 5.41 Å². The number of sulfonamides is 1. The Morgan fingerprint density at radius 1 is 1.00 bits per heavy atom. The average molecular weight is 369 g/mol. The summed E-state index contributed by atoms with van der Waals surface area (Å²) in [6, 6.07) is 13.6. The maximum absolute atomic E-state index is 13.5. The van der Waals surface area contributed by atoms with Crippen molar-refractivity contribution in [2.45, 2.75) is 49.0 Å². The summed E-state index contributed by atoms with van der Waals surface area (Å²) >= 11 is 0. The quantitative estimate of drug-likeness (QED) is 0.809. The van der Waals surface area contributed by atoms with Crippen LogP contribution in [-0.4, -0.2) is 21.6 Å². The fourth-order valence-corrected chi connectivity index (χ4v) is 6.53. The number of fused-ring (bicyclic) bond motifs is 3. The Kier molecular flexibility index (Phi) is 3.66. The summed E-state index contributed by atoms with van der Waals surface area (Å²) in [5.41, 5.74) is 4.27. The van der Waals surface area contributed by atoms with Crippen molar-refractivity contribution in [3.8, 4) is 0 Å². The summed E-state index contributed by atoms with van der Waals surface area (Å²) < 4.78 is 34.2. The minimum Gasteiger partial charge on any atom is -0.376 e. The Balaban J connectivity index is 1.59. The van der Waals surface area contributed by atoms with Crippen LogP contribution in [0.5, 0.6) is 0 Å². The number of nitrogens with zero attached hydrogens (tertiary/aromatic N) is 1. The summed E-state index contributed by atoms with van der Waals surface area (Å²) in [7, 11) is -3.57. The maximum atomic E-state index is 13.5. The first-order valence-electron chi connectivity index (χ1n) is 9.42. The van der Waals surface area contributed by atoms with E-state index in [2.05, 4.69) is 6.07 Å². The first kappa shape index (κ1) is 16.3. The first-order chi connectivity index (χ1) is 12.6. The zero-order valence-electron chi connectivity index (χ0n) is 14.8. The molecule has 26 heavy (non-hydrogen) atoms. The van der Waals surface area contributed by atoms with Gasteiger partial charge in [0.25, 0.3) is 10.0 Å². The van der Waals surface area contributed by atoms with Crippen LogP contribution in [-0.2, 0) is 33.2 Å². The van der Waals surface area contributed by atoms with Gasteiger partial charge in [0.05, 0.1) is 23.8 Å². The molecule has 4 nitrogen and oxygen atoms in total. The largest absolute Gasteiger partial charge is 0.376 e. The average Bonchev–Trinajstić information content (AvgIpc) is 3.28. The van der Waals surface area contributed by atoms with E-state index in [4.69, 9.17) is 4.74 Å². The molecule has 3 aliphatic rings. The molecule has 1 aliphatic carbocycles. The van der Waals surface area contributed by atoms with E-state index in [1.165, 1.54) is 24.0 Å². The van der Waals surface area contributed by atoms with Gasteiger partial charge in [0.15, 0.2) is 0 Å². The predicted molar refractivity (Wildman–Crippen MR) is 101 cm³/mol. The molecule has 2 aromatic carbocycles. The van der Waals surface area contributed by atoms with Crippen molar-refractivity contribution in [1.82, 2.24) is 0 Å². The molecule has 2 aliphatic heterocycles. The van der Waals surface area contributed by atoms with Gasteiger partial charge in [0.1, 0.15) is 0 Å². The maximum Gasteiger partial charge on any atom is 0.264 e. The van der Waals surface area contributed by atoms with Crippen molar-refractivity contribution in [1.29, 1.82) is 0 Å². The highest BCUT2D eigenvalue weighted by Crippen LogP contribution is 2.51. The molecule has 0 bridgehead atoms. The second kappa shape index (κ2) is 5.83. The van der Waals surface area contributed by atoms with E-state index in [0.717, 1.165) is 30.5 Å². The molecule has 2 aromatic rings. The van der Waals surface area contributed by atoms with Crippen LogP contribution < -0.4 is 4.31 Å². The van der Waals surface area contributed by atoms with Gasteiger partial charge < -0.3 is 4.74 Å². The van der Waals surface area contributed by atoms with E-state index < -0.39 is 10.0 Å². The van der Waals surface area contributed by atoms with Crippen molar-refractivity contribution in [2.24, 2.45) is 0 Å². The lowest BCUT2D eigenvalue weighted by molar-refractivity contribution is 0.110. The minimum absolute atomic E-state index is 0.000974. The molecular formula is C21H23NO3S. The summed E-state index contributed by atoms with van der Waals surface area (Å²) in [5, 5.41) is 0. The molecule has 1 saturated carbocycles. The van der Waals surface area contributed by atoms with Crippen LogP contribution in [0, 0.1) is 0 Å². The number of hydrogen-bond acceptors (Lipinski definition) is 3. The molecule has 5 heteroatoms. The smallest absolute Gasteiger partial charge is 0.264 e. The van der Waals surface area contributed by atoms with E-state index in [1.807, 2.05) is 30.3 Å². The van der Waals surface area contributed by atoms with Gasteiger partial charge >= 0.3 is 0 Å². The standard InChI is InChI=1S/C21H23NO3S/c23-26(24,18-8-7-16-9-12-25-14-17(16)13-18)22-15-21(10-3-4-11-21)19-5-1-2-6-20(19)22/h1-2,5-8,13H,3-4,9-12,14-15H2.